The van der Waals surface area contributed by atoms with Crippen LogP contribution in [0.15, 0.2) is 29.4 Å². The van der Waals surface area contributed by atoms with Gasteiger partial charge in [0.1, 0.15) is 11.9 Å². The van der Waals surface area contributed by atoms with Gasteiger partial charge in [0.25, 0.3) is 0 Å². The molecule has 10 heteroatoms. The number of thioether (sulfide) groups is 1. The highest BCUT2D eigenvalue weighted by Gasteiger charge is 2.30. The molecule has 3 rings (SSSR count). The van der Waals surface area contributed by atoms with Crippen LogP contribution in [0, 0.1) is 0 Å². The van der Waals surface area contributed by atoms with Crippen LogP contribution in [0.3, 0.4) is 0 Å². The molecule has 0 aliphatic carbocycles. The number of esters is 1. The van der Waals surface area contributed by atoms with Crippen LogP contribution in [-0.4, -0.2) is 59.6 Å². The van der Waals surface area contributed by atoms with E-state index in [0.717, 1.165) is 5.56 Å². The zero-order chi connectivity index (χ0) is 18.7. The fraction of sp³-hybridized carbons (Fsp3) is 0.438. The van der Waals surface area contributed by atoms with Gasteiger partial charge in [-0.3, -0.25) is 4.79 Å². The topological polar surface area (TPSA) is 100 Å². The smallest absolute Gasteiger partial charge is 0.316 e. The molecule has 140 valence electrons. The standard InChI is InChI=1S/C16H19N3O5S2/c1-19-15(12-5-3-4-6-13(12)23-2)17-18-16(19)25-9-14(20)24-11-7-8-26(21,22)10-11/h3-6,11H,7-10H2,1-2H3/t11-/m0/s1. The molecule has 1 aliphatic heterocycles. The maximum Gasteiger partial charge on any atom is 0.316 e. The van der Waals surface area contributed by atoms with Gasteiger partial charge in [0.05, 0.1) is 29.9 Å². The molecule has 1 saturated heterocycles. The molecule has 0 saturated carbocycles. The molecule has 1 atom stereocenters. The van der Waals surface area contributed by atoms with E-state index >= 15 is 0 Å². The zero-order valence-electron chi connectivity index (χ0n) is 14.4. The van der Waals surface area contributed by atoms with Crippen LogP contribution in [0.5, 0.6) is 5.75 Å². The number of carbonyl (C=O) groups excluding carboxylic acids is 1. The molecule has 2 aromatic rings. The fourth-order valence-electron chi connectivity index (χ4n) is 2.70. The normalized spacial score (nSPS) is 18.6. The second kappa shape index (κ2) is 7.67. The molecule has 1 aliphatic rings. The Kier molecular flexibility index (Phi) is 5.52. The van der Waals surface area contributed by atoms with E-state index in [0.29, 0.717) is 23.2 Å². The minimum atomic E-state index is -3.07. The largest absolute Gasteiger partial charge is 0.496 e. The molecule has 8 nitrogen and oxygen atoms in total. The monoisotopic (exact) mass is 397 g/mol. The number of para-hydroxylation sites is 1. The lowest BCUT2D eigenvalue weighted by Gasteiger charge is -2.10. The summed E-state index contributed by atoms with van der Waals surface area (Å²) in [5.41, 5.74) is 0.801. The number of benzene rings is 1. The first-order valence-electron chi connectivity index (χ1n) is 7.95. The molecular weight excluding hydrogens is 378 g/mol. The number of hydrogen-bond acceptors (Lipinski definition) is 8. The molecule has 1 aromatic carbocycles. The van der Waals surface area contributed by atoms with Crippen molar-refractivity contribution in [2.45, 2.75) is 17.7 Å². The molecule has 0 unspecified atom stereocenters. The number of rotatable bonds is 6. The summed E-state index contributed by atoms with van der Waals surface area (Å²) in [6.07, 6.45) is -0.183. The van der Waals surface area contributed by atoms with Crippen molar-refractivity contribution in [1.82, 2.24) is 14.8 Å². The van der Waals surface area contributed by atoms with Crippen LogP contribution < -0.4 is 4.74 Å². The van der Waals surface area contributed by atoms with E-state index in [1.54, 1.807) is 18.7 Å². The quantitative estimate of drug-likeness (QED) is 0.531. The molecular formula is C16H19N3O5S2. The van der Waals surface area contributed by atoms with E-state index in [1.807, 2.05) is 24.3 Å². The van der Waals surface area contributed by atoms with Crippen LogP contribution >= 0.6 is 11.8 Å². The lowest BCUT2D eigenvalue weighted by molar-refractivity contribution is -0.144. The van der Waals surface area contributed by atoms with E-state index < -0.39 is 21.9 Å². The van der Waals surface area contributed by atoms with Gasteiger partial charge < -0.3 is 14.0 Å². The van der Waals surface area contributed by atoms with Gasteiger partial charge in [0.2, 0.25) is 0 Å². The van der Waals surface area contributed by atoms with Gasteiger partial charge in [-0.2, -0.15) is 0 Å². The van der Waals surface area contributed by atoms with Gasteiger partial charge in [0, 0.05) is 7.05 Å². The summed E-state index contributed by atoms with van der Waals surface area (Å²) in [5.74, 6) is 0.865. The predicted octanol–water partition coefficient (Wildman–Crippen LogP) is 1.31. The highest BCUT2D eigenvalue weighted by molar-refractivity contribution is 7.99. The Morgan fingerprint density at radius 1 is 1.35 bits per heavy atom. The third kappa shape index (κ3) is 4.18. The number of aromatic nitrogens is 3. The maximum absolute atomic E-state index is 12.0. The van der Waals surface area contributed by atoms with Crippen molar-refractivity contribution < 1.29 is 22.7 Å². The van der Waals surface area contributed by atoms with Crippen LogP contribution in [-0.2, 0) is 26.4 Å². The lowest BCUT2D eigenvalue weighted by Crippen LogP contribution is -2.20. The number of methoxy groups -OCH3 is 1. The number of sulfone groups is 1. The Morgan fingerprint density at radius 3 is 2.81 bits per heavy atom. The molecule has 0 spiro atoms. The molecule has 26 heavy (non-hydrogen) atoms. The van der Waals surface area contributed by atoms with E-state index in [2.05, 4.69) is 10.2 Å². The maximum atomic E-state index is 12.0. The van der Waals surface area contributed by atoms with Gasteiger partial charge in [-0.1, -0.05) is 23.9 Å². The van der Waals surface area contributed by atoms with Crippen LogP contribution in [0.1, 0.15) is 6.42 Å². The Bertz CT molecular complexity index is 910. The van der Waals surface area contributed by atoms with Crippen LogP contribution in [0.2, 0.25) is 0 Å². The van der Waals surface area contributed by atoms with Crippen LogP contribution in [0.25, 0.3) is 11.4 Å². The third-order valence-electron chi connectivity index (χ3n) is 3.99. The van der Waals surface area contributed by atoms with E-state index in [1.165, 1.54) is 11.8 Å². The van der Waals surface area contributed by atoms with Crippen molar-refractivity contribution in [2.24, 2.45) is 7.05 Å². The summed E-state index contributed by atoms with van der Waals surface area (Å²) in [5, 5.41) is 8.84. The van der Waals surface area contributed by atoms with Crippen molar-refractivity contribution in [2.75, 3.05) is 24.4 Å². The van der Waals surface area contributed by atoms with Crippen molar-refractivity contribution in [3.63, 3.8) is 0 Å². The lowest BCUT2D eigenvalue weighted by atomic mass is 10.2. The Labute approximate surface area is 155 Å². The average Bonchev–Trinajstić information content (AvgIpc) is 3.14. The molecule has 2 heterocycles. The van der Waals surface area contributed by atoms with Gasteiger partial charge >= 0.3 is 5.97 Å². The van der Waals surface area contributed by atoms with Crippen molar-refractivity contribution >= 4 is 27.6 Å². The van der Waals surface area contributed by atoms with Crippen molar-refractivity contribution in [3.05, 3.63) is 24.3 Å². The second-order valence-corrected chi connectivity index (χ2v) is 9.04. The summed E-state index contributed by atoms with van der Waals surface area (Å²) >= 11 is 1.19. The first kappa shape index (κ1) is 18.7. The number of hydrogen-bond donors (Lipinski definition) is 0. The van der Waals surface area contributed by atoms with E-state index in [4.69, 9.17) is 9.47 Å². The zero-order valence-corrected chi connectivity index (χ0v) is 16.0. The summed E-state index contributed by atoms with van der Waals surface area (Å²) in [6, 6.07) is 7.47. The van der Waals surface area contributed by atoms with Crippen LogP contribution in [0.4, 0.5) is 0 Å². The fourth-order valence-corrected chi connectivity index (χ4v) is 4.99. The molecule has 1 aromatic heterocycles. The summed E-state index contributed by atoms with van der Waals surface area (Å²) in [4.78, 5) is 12.0. The van der Waals surface area contributed by atoms with Gasteiger partial charge in [0.15, 0.2) is 20.8 Å². The molecule has 0 amide bonds. The number of ether oxygens (including phenoxy) is 2. The highest BCUT2D eigenvalue weighted by Crippen LogP contribution is 2.30. The van der Waals surface area contributed by atoms with Crippen molar-refractivity contribution in [3.8, 4) is 17.1 Å². The SMILES string of the molecule is COc1ccccc1-c1nnc(SCC(=O)O[C@H]2CCS(=O)(=O)C2)n1C. The van der Waals surface area contributed by atoms with E-state index in [9.17, 15) is 13.2 Å². The summed E-state index contributed by atoms with van der Waals surface area (Å²) in [7, 11) is 0.321. The summed E-state index contributed by atoms with van der Waals surface area (Å²) < 4.78 is 35.2. The second-order valence-electron chi connectivity index (χ2n) is 5.87. The molecule has 0 bridgehead atoms. The highest BCUT2D eigenvalue weighted by atomic mass is 32.2. The van der Waals surface area contributed by atoms with Crippen molar-refractivity contribution in [1.29, 1.82) is 0 Å². The first-order chi connectivity index (χ1) is 12.4. The minimum Gasteiger partial charge on any atom is -0.496 e. The van der Waals surface area contributed by atoms with E-state index in [-0.39, 0.29) is 17.3 Å². The number of carbonyl (C=O) groups is 1. The molecule has 0 N–H and O–H groups in total. The Hall–Kier alpha value is -2.07. The van der Waals surface area contributed by atoms with Gasteiger partial charge in [-0.25, -0.2) is 8.42 Å². The minimum absolute atomic E-state index is 0.0362. The third-order valence-corrected chi connectivity index (χ3v) is 6.72. The molecule has 1 fully saturated rings. The average molecular weight is 397 g/mol. The first-order valence-corrected chi connectivity index (χ1v) is 10.8. The Balaban J connectivity index is 1.63. The van der Waals surface area contributed by atoms with Gasteiger partial charge in [-0.05, 0) is 18.6 Å². The summed E-state index contributed by atoms with van der Waals surface area (Å²) in [6.45, 7) is 0. The predicted molar refractivity (Wildman–Crippen MR) is 96.9 cm³/mol. The molecule has 0 radical (unpaired) electrons. The number of nitrogens with zero attached hydrogens (tertiary/aromatic N) is 3. The van der Waals surface area contributed by atoms with Gasteiger partial charge in [-0.15, -0.1) is 10.2 Å². The Morgan fingerprint density at radius 2 is 2.12 bits per heavy atom.